The first-order chi connectivity index (χ1) is 14.7. The van der Waals surface area contributed by atoms with Crippen molar-refractivity contribution in [2.45, 2.75) is 6.42 Å². The summed E-state index contributed by atoms with van der Waals surface area (Å²) in [6.07, 6.45) is 5.98. The fourth-order valence-corrected chi connectivity index (χ4v) is 2.66. The average Bonchev–Trinajstić information content (AvgIpc) is 2.77. The molecule has 2 aromatic rings. The molecule has 30 heavy (non-hydrogen) atoms. The molecule has 0 aliphatic heterocycles. The zero-order chi connectivity index (χ0) is 21.6. The maximum absolute atomic E-state index is 5.84. The fourth-order valence-electron chi connectivity index (χ4n) is 2.53. The van der Waals surface area contributed by atoms with Crippen molar-refractivity contribution >= 4 is 23.5 Å². The van der Waals surface area contributed by atoms with Crippen molar-refractivity contribution in [3.05, 3.63) is 78.9 Å². The highest BCUT2D eigenvalue weighted by Gasteiger charge is 2.06. The Morgan fingerprint density at radius 1 is 1.03 bits per heavy atom. The molecule has 0 bridgehead atoms. The molecule has 0 unspecified atom stereocenters. The van der Waals surface area contributed by atoms with E-state index in [1.807, 2.05) is 48.5 Å². The van der Waals surface area contributed by atoms with Crippen LogP contribution in [0.1, 0.15) is 11.1 Å². The van der Waals surface area contributed by atoms with Gasteiger partial charge in [0.15, 0.2) is 16.6 Å². The van der Waals surface area contributed by atoms with Gasteiger partial charge in [-0.25, -0.2) is 0 Å². The molecule has 0 heterocycles. The van der Waals surface area contributed by atoms with Crippen LogP contribution in [-0.2, 0) is 6.42 Å². The summed E-state index contributed by atoms with van der Waals surface area (Å²) in [6, 6.07) is 13.4. The smallest absolute Gasteiger partial charge is 0.187 e. The van der Waals surface area contributed by atoms with Crippen LogP contribution in [-0.4, -0.2) is 38.2 Å². The molecule has 0 atom stereocenters. The molecule has 2 N–H and O–H groups in total. The third-order valence-corrected chi connectivity index (χ3v) is 4.15. The first-order valence-electron chi connectivity index (χ1n) is 9.48. The van der Waals surface area contributed by atoms with E-state index in [4.69, 9.17) is 26.4 Å². The quantitative estimate of drug-likeness (QED) is 0.177. The number of hydrazone groups is 1. The molecule has 2 aromatic carbocycles. The number of hydrogen-bond acceptors (Lipinski definition) is 5. The van der Waals surface area contributed by atoms with Crippen LogP contribution in [0.4, 0.5) is 0 Å². The topological polar surface area (TPSA) is 64.1 Å². The lowest BCUT2D eigenvalue weighted by Gasteiger charge is -2.13. The van der Waals surface area contributed by atoms with Gasteiger partial charge in [0.05, 0.1) is 13.3 Å². The zero-order valence-electron chi connectivity index (χ0n) is 17.1. The second-order valence-electron chi connectivity index (χ2n) is 6.08. The molecule has 0 radical (unpaired) electrons. The molecule has 0 saturated heterocycles. The van der Waals surface area contributed by atoms with E-state index in [9.17, 15) is 0 Å². The number of hydrogen-bond donors (Lipinski definition) is 2. The molecule has 0 aromatic heterocycles. The monoisotopic (exact) mass is 425 g/mol. The lowest BCUT2D eigenvalue weighted by molar-refractivity contribution is 0.210. The largest absolute Gasteiger partial charge is 0.493 e. The van der Waals surface area contributed by atoms with E-state index in [1.165, 1.54) is 0 Å². The summed E-state index contributed by atoms with van der Waals surface area (Å²) in [5.74, 6) is 2.08. The Labute approximate surface area is 183 Å². The number of nitrogens with zero attached hydrogens (tertiary/aromatic N) is 1. The molecule has 0 amide bonds. The Balaban J connectivity index is 1.87. The van der Waals surface area contributed by atoms with E-state index in [0.717, 1.165) is 23.3 Å². The number of benzene rings is 2. The first-order valence-corrected chi connectivity index (χ1v) is 9.89. The Kier molecular flexibility index (Phi) is 9.96. The summed E-state index contributed by atoms with van der Waals surface area (Å²) in [7, 11) is 1.59. The molecule has 0 fully saturated rings. The zero-order valence-corrected chi connectivity index (χ0v) is 17.9. The molecule has 0 spiro atoms. The minimum Gasteiger partial charge on any atom is -0.493 e. The highest BCUT2D eigenvalue weighted by atomic mass is 32.1. The summed E-state index contributed by atoms with van der Waals surface area (Å²) in [4.78, 5) is 0. The molecular weight excluding hydrogens is 398 g/mol. The van der Waals surface area contributed by atoms with Crippen molar-refractivity contribution in [2.24, 2.45) is 5.10 Å². The van der Waals surface area contributed by atoms with Gasteiger partial charge in [-0.3, -0.25) is 5.43 Å². The maximum atomic E-state index is 5.84. The molecule has 0 aliphatic carbocycles. The van der Waals surface area contributed by atoms with Gasteiger partial charge >= 0.3 is 0 Å². The van der Waals surface area contributed by atoms with E-state index in [-0.39, 0.29) is 0 Å². The van der Waals surface area contributed by atoms with Crippen LogP contribution in [0.15, 0.2) is 72.9 Å². The minimum absolute atomic E-state index is 0.386. The van der Waals surface area contributed by atoms with Gasteiger partial charge in [-0.15, -0.1) is 13.2 Å². The number of ether oxygens (including phenoxy) is 3. The second-order valence-corrected chi connectivity index (χ2v) is 6.48. The summed E-state index contributed by atoms with van der Waals surface area (Å²) < 4.78 is 17.1. The third-order valence-electron chi connectivity index (χ3n) is 3.91. The minimum atomic E-state index is 0.386. The van der Waals surface area contributed by atoms with E-state index in [0.29, 0.717) is 36.4 Å². The first kappa shape index (κ1) is 23.0. The van der Waals surface area contributed by atoms with Crippen LogP contribution < -0.4 is 25.0 Å². The Hall–Kier alpha value is -3.32. The van der Waals surface area contributed by atoms with Crippen molar-refractivity contribution in [3.63, 3.8) is 0 Å². The Morgan fingerprint density at radius 2 is 1.80 bits per heavy atom. The summed E-state index contributed by atoms with van der Waals surface area (Å²) >= 11 is 5.08. The van der Waals surface area contributed by atoms with Crippen molar-refractivity contribution in [1.29, 1.82) is 0 Å². The average molecular weight is 426 g/mol. The van der Waals surface area contributed by atoms with E-state index < -0.39 is 0 Å². The normalized spacial score (nSPS) is 10.3. The van der Waals surface area contributed by atoms with Gasteiger partial charge < -0.3 is 19.5 Å². The van der Waals surface area contributed by atoms with E-state index in [1.54, 1.807) is 19.4 Å². The summed E-state index contributed by atoms with van der Waals surface area (Å²) in [5.41, 5.74) is 4.68. The van der Waals surface area contributed by atoms with Gasteiger partial charge in [0, 0.05) is 6.54 Å². The number of para-hydroxylation sites is 1. The van der Waals surface area contributed by atoms with Crippen molar-refractivity contribution < 1.29 is 14.2 Å². The van der Waals surface area contributed by atoms with Crippen molar-refractivity contribution in [2.75, 3.05) is 26.9 Å². The molecule has 6 nitrogen and oxygen atoms in total. The van der Waals surface area contributed by atoms with Crippen LogP contribution in [0.3, 0.4) is 0 Å². The highest BCUT2D eigenvalue weighted by molar-refractivity contribution is 7.80. The van der Waals surface area contributed by atoms with Gasteiger partial charge in [0.2, 0.25) is 0 Å². The molecular formula is C23H27N3O3S. The molecule has 0 aliphatic rings. The van der Waals surface area contributed by atoms with Crippen LogP contribution in [0, 0.1) is 0 Å². The molecule has 158 valence electrons. The van der Waals surface area contributed by atoms with Gasteiger partial charge in [0.25, 0.3) is 0 Å². The van der Waals surface area contributed by atoms with E-state index >= 15 is 0 Å². The van der Waals surface area contributed by atoms with E-state index in [2.05, 4.69) is 29.0 Å². The summed E-state index contributed by atoms with van der Waals surface area (Å²) in [5, 5.41) is 7.45. The van der Waals surface area contributed by atoms with Gasteiger partial charge in [0.1, 0.15) is 19.0 Å². The van der Waals surface area contributed by atoms with Crippen LogP contribution in [0.2, 0.25) is 0 Å². The number of nitrogens with one attached hydrogen (secondary N) is 2. The second kappa shape index (κ2) is 13.0. The number of rotatable bonds is 12. The maximum Gasteiger partial charge on any atom is 0.187 e. The van der Waals surface area contributed by atoms with Gasteiger partial charge in [-0.2, -0.15) is 5.10 Å². The van der Waals surface area contributed by atoms with Crippen LogP contribution in [0.5, 0.6) is 17.2 Å². The Morgan fingerprint density at radius 3 is 2.53 bits per heavy atom. The molecule has 7 heteroatoms. The number of thiocarbonyl (C=S) groups is 1. The number of methoxy groups -OCH3 is 1. The summed E-state index contributed by atoms with van der Waals surface area (Å²) in [6.45, 7) is 8.77. The van der Waals surface area contributed by atoms with Crippen molar-refractivity contribution in [1.82, 2.24) is 10.7 Å². The standard InChI is InChI=1S/C23H27N3O3S/c1-4-8-19-9-6-7-10-20(19)28-14-15-29-21-12-11-18(16-22(21)27-3)17-25-26-23(30)24-13-5-2/h4-7,9-12,16-17H,1-2,8,13-15H2,3H3,(H2,24,26,30)/b25-17+. The van der Waals surface area contributed by atoms with Crippen LogP contribution >= 0.6 is 12.2 Å². The fraction of sp³-hybridized carbons (Fsp3) is 0.217. The Bertz CT molecular complexity index is 884. The predicted octanol–water partition coefficient (Wildman–Crippen LogP) is 3.87. The van der Waals surface area contributed by atoms with Crippen LogP contribution in [0.25, 0.3) is 0 Å². The molecule has 2 rings (SSSR count). The van der Waals surface area contributed by atoms with Gasteiger partial charge in [-0.05, 0) is 54.0 Å². The third kappa shape index (κ3) is 7.60. The van der Waals surface area contributed by atoms with Gasteiger partial charge in [-0.1, -0.05) is 30.4 Å². The predicted molar refractivity (Wildman–Crippen MR) is 126 cm³/mol. The SMILES string of the molecule is C=CCNC(=S)N/N=C/c1ccc(OCCOc2ccccc2CC=C)c(OC)c1. The highest BCUT2D eigenvalue weighted by Crippen LogP contribution is 2.27. The number of allylic oxidation sites excluding steroid dienone is 1. The molecule has 0 saturated carbocycles. The van der Waals surface area contributed by atoms with Crippen molar-refractivity contribution in [3.8, 4) is 17.2 Å². The lowest BCUT2D eigenvalue weighted by Crippen LogP contribution is -2.31. The lowest BCUT2D eigenvalue weighted by atomic mass is 10.1.